The Hall–Kier alpha value is -3.89. The van der Waals surface area contributed by atoms with E-state index in [-0.39, 0.29) is 22.7 Å². The number of benzene rings is 2. The lowest BCUT2D eigenvalue weighted by atomic mass is 10.3. The summed E-state index contributed by atoms with van der Waals surface area (Å²) in [7, 11) is 1.14. The fourth-order valence-corrected chi connectivity index (χ4v) is 1.73. The van der Waals surface area contributed by atoms with Crippen LogP contribution in [0, 0.1) is 20.2 Å². The van der Waals surface area contributed by atoms with Gasteiger partial charge in [0.25, 0.3) is 11.4 Å². The van der Waals surface area contributed by atoms with Gasteiger partial charge < -0.3 is 4.74 Å². The molecule has 2 rings (SSSR count). The van der Waals surface area contributed by atoms with E-state index >= 15 is 0 Å². The summed E-state index contributed by atoms with van der Waals surface area (Å²) < 4.78 is 4.59. The van der Waals surface area contributed by atoms with E-state index in [0.29, 0.717) is 0 Å². The lowest BCUT2D eigenvalue weighted by molar-refractivity contribution is -0.385. The second kappa shape index (κ2) is 7.59. The maximum absolute atomic E-state index is 11.8. The number of amides is 1. The van der Waals surface area contributed by atoms with Gasteiger partial charge in [-0.1, -0.05) is 5.22 Å². The Balaban J connectivity index is 2.26. The second-order valence-electron chi connectivity index (χ2n) is 4.52. The Morgan fingerprint density at radius 3 is 1.88 bits per heavy atom. The van der Waals surface area contributed by atoms with Crippen molar-refractivity contribution >= 4 is 28.8 Å². The molecule has 0 radical (unpaired) electrons. The first kappa shape index (κ1) is 17.5. The van der Waals surface area contributed by atoms with E-state index in [1.807, 2.05) is 0 Å². The quantitative estimate of drug-likeness (QED) is 0.458. The highest BCUT2D eigenvalue weighted by molar-refractivity contribution is 5.86. The largest absolute Gasteiger partial charge is 0.451 e. The second-order valence-corrected chi connectivity index (χ2v) is 4.52. The number of nitro benzene ring substituents is 2. The van der Waals surface area contributed by atoms with Gasteiger partial charge in [-0.25, -0.2) is 4.79 Å². The predicted molar refractivity (Wildman–Crippen MR) is 85.6 cm³/mol. The molecule has 0 N–H and O–H groups in total. The molecule has 25 heavy (non-hydrogen) atoms. The fraction of sp³-hybridized carbons (Fsp3) is 0.0714. The highest BCUT2D eigenvalue weighted by Gasteiger charge is 2.17. The van der Waals surface area contributed by atoms with Crippen LogP contribution in [-0.4, -0.2) is 23.0 Å². The molecule has 0 bridgehead atoms. The highest BCUT2D eigenvalue weighted by Crippen LogP contribution is 2.23. The van der Waals surface area contributed by atoms with Crippen molar-refractivity contribution in [3.8, 4) is 0 Å². The third-order valence-electron chi connectivity index (χ3n) is 2.96. The monoisotopic (exact) mass is 345 g/mol. The molecule has 0 unspecified atom stereocenters. The molecule has 11 heteroatoms. The van der Waals surface area contributed by atoms with Gasteiger partial charge in [-0.15, -0.1) is 10.1 Å². The predicted octanol–water partition coefficient (Wildman–Crippen LogP) is 3.77. The van der Waals surface area contributed by atoms with Crippen molar-refractivity contribution in [1.29, 1.82) is 0 Å². The van der Waals surface area contributed by atoms with Gasteiger partial charge >= 0.3 is 6.09 Å². The van der Waals surface area contributed by atoms with Crippen LogP contribution < -0.4 is 5.01 Å². The van der Waals surface area contributed by atoms with E-state index in [1.54, 1.807) is 0 Å². The van der Waals surface area contributed by atoms with Gasteiger partial charge in [0.15, 0.2) is 0 Å². The smallest absolute Gasteiger partial charge is 0.436 e. The van der Waals surface area contributed by atoms with Gasteiger partial charge in [0, 0.05) is 24.3 Å². The first-order valence-corrected chi connectivity index (χ1v) is 6.71. The van der Waals surface area contributed by atoms with Crippen molar-refractivity contribution in [2.24, 2.45) is 10.3 Å². The molecule has 0 fully saturated rings. The van der Waals surface area contributed by atoms with Gasteiger partial charge in [-0.2, -0.15) is 0 Å². The van der Waals surface area contributed by atoms with Crippen molar-refractivity contribution in [2.75, 3.05) is 12.1 Å². The van der Waals surface area contributed by atoms with E-state index in [1.165, 1.54) is 48.5 Å². The molecular formula is C14H11N5O6. The minimum atomic E-state index is -0.862. The summed E-state index contributed by atoms with van der Waals surface area (Å²) in [4.78, 5) is 32.0. The summed E-state index contributed by atoms with van der Waals surface area (Å²) >= 11 is 0. The number of ether oxygens (including phenoxy) is 1. The number of rotatable bonds is 5. The van der Waals surface area contributed by atoms with Gasteiger partial charge in [-0.05, 0) is 24.3 Å². The zero-order valence-electron chi connectivity index (χ0n) is 12.8. The molecule has 2 aromatic carbocycles. The number of hydrogen-bond donors (Lipinski definition) is 0. The van der Waals surface area contributed by atoms with Crippen LogP contribution in [0.15, 0.2) is 58.9 Å². The molecular weight excluding hydrogens is 334 g/mol. The Kier molecular flexibility index (Phi) is 5.30. The molecule has 0 aliphatic carbocycles. The number of nitrogens with zero attached hydrogens (tertiary/aromatic N) is 5. The summed E-state index contributed by atoms with van der Waals surface area (Å²) in [6, 6.07) is 10.2. The molecule has 2 aromatic rings. The Bertz CT molecular complexity index is 819. The Morgan fingerprint density at radius 2 is 1.44 bits per heavy atom. The van der Waals surface area contributed by atoms with Crippen LogP contribution in [0.4, 0.5) is 27.5 Å². The summed E-state index contributed by atoms with van der Waals surface area (Å²) in [5, 5.41) is 29.6. The first-order valence-electron chi connectivity index (χ1n) is 6.71. The van der Waals surface area contributed by atoms with Crippen molar-refractivity contribution in [3.05, 3.63) is 68.8 Å². The number of non-ortho nitro benzene ring substituents is 2. The summed E-state index contributed by atoms with van der Waals surface area (Å²) in [5.41, 5.74) is 0.199. The molecule has 0 saturated heterocycles. The minimum Gasteiger partial charge on any atom is -0.451 e. The van der Waals surface area contributed by atoms with Gasteiger partial charge in [0.1, 0.15) is 0 Å². The standard InChI is InChI=1S/C14H11N5O6/c1-25-14(20)17(11-6-8-13(9-7-11)19(23)24)16-15-10-2-4-12(5-3-10)18(21)22/h2-9H,1H3. The summed E-state index contributed by atoms with van der Waals surface area (Å²) in [5.74, 6) is 0. The fourth-order valence-electron chi connectivity index (χ4n) is 1.73. The van der Waals surface area contributed by atoms with Crippen LogP contribution >= 0.6 is 0 Å². The molecule has 1 amide bonds. The number of carbonyl (C=O) groups is 1. The lowest BCUT2D eigenvalue weighted by Crippen LogP contribution is -2.24. The number of anilines is 1. The van der Waals surface area contributed by atoms with Crippen LogP contribution in [0.1, 0.15) is 0 Å². The van der Waals surface area contributed by atoms with Gasteiger partial charge in [0.05, 0.1) is 28.3 Å². The summed E-state index contributed by atoms with van der Waals surface area (Å²) in [6.07, 6.45) is -0.862. The maximum atomic E-state index is 11.8. The zero-order chi connectivity index (χ0) is 18.4. The van der Waals surface area contributed by atoms with E-state index in [9.17, 15) is 25.0 Å². The molecule has 11 nitrogen and oxygen atoms in total. The zero-order valence-corrected chi connectivity index (χ0v) is 12.8. The van der Waals surface area contributed by atoms with Crippen LogP contribution in [0.25, 0.3) is 0 Å². The average molecular weight is 345 g/mol. The van der Waals surface area contributed by atoms with Crippen molar-refractivity contribution < 1.29 is 19.4 Å². The van der Waals surface area contributed by atoms with E-state index in [0.717, 1.165) is 12.1 Å². The number of methoxy groups -OCH3 is 1. The average Bonchev–Trinajstić information content (AvgIpc) is 2.62. The SMILES string of the molecule is COC(=O)N(N=Nc1ccc([N+](=O)[O-])cc1)c1ccc([N+](=O)[O-])cc1. The van der Waals surface area contributed by atoms with E-state index in [2.05, 4.69) is 15.1 Å². The molecule has 0 atom stereocenters. The van der Waals surface area contributed by atoms with Crippen molar-refractivity contribution in [2.45, 2.75) is 0 Å². The van der Waals surface area contributed by atoms with E-state index < -0.39 is 15.9 Å². The van der Waals surface area contributed by atoms with Crippen LogP contribution in [0.5, 0.6) is 0 Å². The molecule has 0 aromatic heterocycles. The van der Waals surface area contributed by atoms with Crippen LogP contribution in [0.3, 0.4) is 0 Å². The number of carbonyl (C=O) groups excluding carboxylic acids is 1. The lowest BCUT2D eigenvalue weighted by Gasteiger charge is -2.13. The third-order valence-corrected chi connectivity index (χ3v) is 2.96. The van der Waals surface area contributed by atoms with Crippen LogP contribution in [-0.2, 0) is 4.74 Å². The van der Waals surface area contributed by atoms with Crippen molar-refractivity contribution in [1.82, 2.24) is 0 Å². The molecule has 0 spiro atoms. The summed E-state index contributed by atoms with van der Waals surface area (Å²) in [6.45, 7) is 0. The van der Waals surface area contributed by atoms with Gasteiger partial charge in [-0.3, -0.25) is 20.2 Å². The van der Waals surface area contributed by atoms with E-state index in [4.69, 9.17) is 0 Å². The Morgan fingerprint density at radius 1 is 0.960 bits per heavy atom. The Labute approximate surface area is 140 Å². The van der Waals surface area contributed by atoms with Crippen LogP contribution in [0.2, 0.25) is 0 Å². The molecule has 0 heterocycles. The molecule has 128 valence electrons. The van der Waals surface area contributed by atoms with Gasteiger partial charge in [0.2, 0.25) is 0 Å². The highest BCUT2D eigenvalue weighted by atomic mass is 16.6. The molecule has 0 aliphatic heterocycles. The topological polar surface area (TPSA) is 141 Å². The molecule has 0 saturated carbocycles. The number of nitro groups is 2. The first-order chi connectivity index (χ1) is 11.9. The number of hydrogen-bond acceptors (Lipinski definition) is 8. The third kappa shape index (κ3) is 4.31. The molecule has 0 aliphatic rings. The van der Waals surface area contributed by atoms with Crippen molar-refractivity contribution in [3.63, 3.8) is 0 Å². The maximum Gasteiger partial charge on any atom is 0.436 e. The minimum absolute atomic E-state index is 0.112. The normalized spacial score (nSPS) is 10.4.